The van der Waals surface area contributed by atoms with Gasteiger partial charge in [-0.15, -0.1) is 11.3 Å². The second kappa shape index (κ2) is 13.9. The first-order valence-corrected chi connectivity index (χ1v) is 14.8. The van der Waals surface area contributed by atoms with Gasteiger partial charge in [-0.1, -0.05) is 43.8 Å². The molecule has 10 heteroatoms. The second-order valence-corrected chi connectivity index (χ2v) is 12.2. The van der Waals surface area contributed by atoms with Crippen LogP contribution in [0.1, 0.15) is 42.2 Å². The number of anilines is 1. The zero-order valence-electron chi connectivity index (χ0n) is 22.8. The van der Waals surface area contributed by atoms with E-state index in [2.05, 4.69) is 41.2 Å². The van der Waals surface area contributed by atoms with Crippen LogP contribution in [0.2, 0.25) is 0 Å². The van der Waals surface area contributed by atoms with E-state index in [0.29, 0.717) is 36.7 Å². The fourth-order valence-corrected chi connectivity index (χ4v) is 6.33. The maximum absolute atomic E-state index is 12.1. The highest BCUT2D eigenvalue weighted by atomic mass is 32.2. The van der Waals surface area contributed by atoms with Crippen LogP contribution in [0.15, 0.2) is 59.0 Å². The molecule has 0 saturated heterocycles. The highest BCUT2D eigenvalue weighted by Crippen LogP contribution is 2.41. The van der Waals surface area contributed by atoms with Crippen LogP contribution in [0.25, 0.3) is 10.4 Å². The molecule has 1 aliphatic heterocycles. The van der Waals surface area contributed by atoms with Crippen molar-refractivity contribution in [1.82, 2.24) is 9.88 Å². The molecule has 8 nitrogen and oxygen atoms in total. The summed E-state index contributed by atoms with van der Waals surface area (Å²) in [4.78, 5) is 24.6. The summed E-state index contributed by atoms with van der Waals surface area (Å²) in [7, 11) is 4.04. The fourth-order valence-electron chi connectivity index (χ4n) is 4.18. The lowest BCUT2D eigenvalue weighted by molar-refractivity contribution is 0.0697. The molecule has 1 aromatic carbocycles. The van der Waals surface area contributed by atoms with Gasteiger partial charge in [0.1, 0.15) is 23.7 Å². The predicted molar refractivity (Wildman–Crippen MR) is 160 cm³/mol. The van der Waals surface area contributed by atoms with E-state index in [1.165, 1.54) is 0 Å². The van der Waals surface area contributed by atoms with Gasteiger partial charge < -0.3 is 24.8 Å². The second-order valence-electron chi connectivity index (χ2n) is 10.0. The molecule has 2 aromatic heterocycles. The Balaban J connectivity index is 1.44. The Morgan fingerprint density at radius 1 is 1.15 bits per heavy atom. The molecule has 0 radical (unpaired) electrons. The van der Waals surface area contributed by atoms with Gasteiger partial charge in [0.15, 0.2) is 5.17 Å². The Labute approximate surface area is 238 Å². The van der Waals surface area contributed by atoms with Crippen LogP contribution >= 0.6 is 23.1 Å². The van der Waals surface area contributed by atoms with Gasteiger partial charge in [0.05, 0.1) is 19.3 Å². The molecule has 1 aliphatic rings. The van der Waals surface area contributed by atoms with E-state index in [-0.39, 0.29) is 16.9 Å². The lowest BCUT2D eigenvalue weighted by Gasteiger charge is -2.19. The third-order valence-corrected chi connectivity index (χ3v) is 8.23. The number of hydrogen-bond donors (Lipinski definition) is 2. The first-order chi connectivity index (χ1) is 18.8. The Hall–Kier alpha value is -2.92. The highest BCUT2D eigenvalue weighted by Gasteiger charge is 2.33. The van der Waals surface area contributed by atoms with Gasteiger partial charge in [-0.2, -0.15) is 0 Å². The van der Waals surface area contributed by atoms with Crippen LogP contribution in [-0.2, 0) is 4.74 Å². The van der Waals surface area contributed by atoms with Crippen molar-refractivity contribution in [2.45, 2.75) is 31.6 Å². The number of amidine groups is 1. The van der Waals surface area contributed by atoms with E-state index in [0.717, 1.165) is 34.7 Å². The van der Waals surface area contributed by atoms with Crippen molar-refractivity contribution in [3.63, 3.8) is 0 Å². The van der Waals surface area contributed by atoms with Gasteiger partial charge >= 0.3 is 5.97 Å². The number of thioether (sulfide) groups is 1. The molecule has 0 aliphatic carbocycles. The molecule has 2 unspecified atom stereocenters. The molecule has 2 N–H and O–H groups in total. The quantitative estimate of drug-likeness (QED) is 0.238. The Kier molecular flexibility index (Phi) is 10.4. The minimum absolute atomic E-state index is 0.0537. The number of carboxylic acid groups (broad SMARTS) is 1. The normalized spacial score (nSPS) is 17.0. The Morgan fingerprint density at radius 3 is 2.62 bits per heavy atom. The van der Waals surface area contributed by atoms with Crippen LogP contribution in [-0.4, -0.2) is 71.8 Å². The van der Waals surface area contributed by atoms with Crippen LogP contribution < -0.4 is 10.1 Å². The summed E-state index contributed by atoms with van der Waals surface area (Å²) >= 11 is 3.19. The third-order valence-electron chi connectivity index (χ3n) is 6.13. The highest BCUT2D eigenvalue weighted by molar-refractivity contribution is 8.15. The first-order valence-electron chi connectivity index (χ1n) is 13.0. The standard InChI is InChI=1S/C29H36N4O4S2/c1-19(2)16-25-26(20-7-9-22(10-8-20)37-14-13-36-12-11-33(3)4)31-29(39-25)32-27-23(28(34)35)17-21(18-30-27)24-6-5-15-38-24/h5-10,15,17-19,25-26H,11-14,16H2,1-4H3,(H,34,35)(H,30,31,32). The molecule has 4 rings (SSSR count). The number of nitrogens with one attached hydrogen (secondary N) is 1. The molecule has 208 valence electrons. The number of likely N-dealkylation sites (N-methyl/N-ethyl adjacent to an activating group) is 1. The maximum Gasteiger partial charge on any atom is 0.339 e. The SMILES string of the molecule is CC(C)CC1SC(Nc2ncc(-c3cccs3)cc2C(=O)O)=NC1c1ccc(OCCOCCN(C)C)cc1. The number of rotatable bonds is 13. The number of hydrogen-bond acceptors (Lipinski definition) is 9. The van der Waals surface area contributed by atoms with E-state index in [1.54, 1.807) is 35.4 Å². The molecular weight excluding hydrogens is 532 g/mol. The molecule has 39 heavy (non-hydrogen) atoms. The number of benzene rings is 1. The van der Waals surface area contributed by atoms with Crippen LogP contribution in [0, 0.1) is 5.92 Å². The van der Waals surface area contributed by atoms with Gasteiger partial charge in [0.25, 0.3) is 0 Å². The largest absolute Gasteiger partial charge is 0.491 e. The van der Waals surface area contributed by atoms with E-state index in [4.69, 9.17) is 14.5 Å². The Bertz CT molecular complexity index is 1250. The molecule has 3 heterocycles. The number of aromatic carboxylic acids is 1. The molecule has 3 aromatic rings. The van der Waals surface area contributed by atoms with Crippen molar-refractivity contribution in [1.29, 1.82) is 0 Å². The fraction of sp³-hybridized carbons (Fsp3) is 0.414. The van der Waals surface area contributed by atoms with Gasteiger partial charge in [0, 0.05) is 28.4 Å². The number of carbonyl (C=O) groups is 1. The number of aromatic nitrogens is 1. The monoisotopic (exact) mass is 568 g/mol. The van der Waals surface area contributed by atoms with Crippen molar-refractivity contribution in [3.8, 4) is 16.2 Å². The van der Waals surface area contributed by atoms with Crippen LogP contribution in [0.4, 0.5) is 5.82 Å². The van der Waals surface area contributed by atoms with Crippen LogP contribution in [0.3, 0.4) is 0 Å². The summed E-state index contributed by atoms with van der Waals surface area (Å²) in [5, 5.41) is 15.9. The van der Waals surface area contributed by atoms with Crippen molar-refractivity contribution in [3.05, 3.63) is 65.2 Å². The van der Waals surface area contributed by atoms with Crippen molar-refractivity contribution in [2.75, 3.05) is 45.8 Å². The lowest BCUT2D eigenvalue weighted by atomic mass is 9.97. The van der Waals surface area contributed by atoms with E-state index < -0.39 is 5.97 Å². The van der Waals surface area contributed by atoms with Gasteiger partial charge in [0.2, 0.25) is 0 Å². The van der Waals surface area contributed by atoms with E-state index in [9.17, 15) is 9.90 Å². The van der Waals surface area contributed by atoms with Gasteiger partial charge in [-0.25, -0.2) is 9.78 Å². The summed E-state index contributed by atoms with van der Waals surface area (Å²) in [6.07, 6.45) is 2.68. The summed E-state index contributed by atoms with van der Waals surface area (Å²) < 4.78 is 11.4. The molecule has 0 fully saturated rings. The zero-order chi connectivity index (χ0) is 27.8. The number of aliphatic imine (C=N–C) groups is 1. The maximum atomic E-state index is 12.1. The minimum atomic E-state index is -1.03. The summed E-state index contributed by atoms with van der Waals surface area (Å²) in [6.45, 7) is 7.02. The average molecular weight is 569 g/mol. The van der Waals surface area contributed by atoms with E-state index in [1.807, 2.05) is 43.7 Å². The lowest BCUT2D eigenvalue weighted by Crippen LogP contribution is -2.19. The zero-order valence-corrected chi connectivity index (χ0v) is 24.4. The minimum Gasteiger partial charge on any atom is -0.491 e. The van der Waals surface area contributed by atoms with Crippen molar-refractivity contribution in [2.24, 2.45) is 10.9 Å². The number of thiophene rings is 1. The first kappa shape index (κ1) is 29.1. The smallest absolute Gasteiger partial charge is 0.339 e. The molecular formula is C29H36N4O4S2. The number of ether oxygens (including phenoxy) is 2. The predicted octanol–water partition coefficient (Wildman–Crippen LogP) is 6.14. The Morgan fingerprint density at radius 2 is 1.95 bits per heavy atom. The number of carboxylic acids is 1. The average Bonchev–Trinajstić information content (AvgIpc) is 3.57. The summed E-state index contributed by atoms with van der Waals surface area (Å²) in [6, 6.07) is 13.6. The molecule has 0 bridgehead atoms. The molecule has 2 atom stereocenters. The number of pyridine rings is 1. The van der Waals surface area contributed by atoms with E-state index >= 15 is 0 Å². The molecule has 0 spiro atoms. The topological polar surface area (TPSA) is 96.3 Å². The third kappa shape index (κ3) is 8.28. The van der Waals surface area contributed by atoms with Crippen molar-refractivity contribution < 1.29 is 19.4 Å². The summed E-state index contributed by atoms with van der Waals surface area (Å²) in [5.74, 6) is 0.562. The van der Waals surface area contributed by atoms with Gasteiger partial charge in [-0.3, -0.25) is 4.99 Å². The van der Waals surface area contributed by atoms with Crippen LogP contribution in [0.5, 0.6) is 5.75 Å². The van der Waals surface area contributed by atoms with Crippen molar-refractivity contribution >= 4 is 40.1 Å². The van der Waals surface area contributed by atoms with Gasteiger partial charge in [-0.05, 0) is 61.6 Å². The summed E-state index contributed by atoms with van der Waals surface area (Å²) in [5.41, 5.74) is 2.01. The molecule has 0 amide bonds. The number of nitrogens with zero attached hydrogens (tertiary/aromatic N) is 3. The molecule has 0 saturated carbocycles.